The third-order valence-electron chi connectivity index (χ3n) is 4.32. The lowest BCUT2D eigenvalue weighted by Gasteiger charge is -2.25. The van der Waals surface area contributed by atoms with E-state index < -0.39 is 0 Å². The average Bonchev–Trinajstić information content (AvgIpc) is 2.42. The number of aryl methyl sites for hydroxylation is 2. The van der Waals surface area contributed by atoms with Crippen LogP contribution in [0.4, 0.5) is 0 Å². The van der Waals surface area contributed by atoms with Gasteiger partial charge >= 0.3 is 0 Å². The van der Waals surface area contributed by atoms with Gasteiger partial charge in [-0.2, -0.15) is 0 Å². The minimum atomic E-state index is -0.335. The van der Waals surface area contributed by atoms with Crippen LogP contribution in [-0.4, -0.2) is 10.2 Å². The van der Waals surface area contributed by atoms with Crippen molar-refractivity contribution in [3.63, 3.8) is 0 Å². The van der Waals surface area contributed by atoms with Crippen LogP contribution in [0.2, 0.25) is 0 Å². The minimum absolute atomic E-state index is 0.0742. The van der Waals surface area contributed by atoms with Crippen molar-refractivity contribution in [1.29, 1.82) is 0 Å². The summed E-state index contributed by atoms with van der Waals surface area (Å²) in [5.41, 5.74) is 3.62. The molecule has 2 aromatic carbocycles. The molecule has 136 valence electrons. The third kappa shape index (κ3) is 4.33. The van der Waals surface area contributed by atoms with Crippen LogP contribution in [0.5, 0.6) is 11.5 Å². The van der Waals surface area contributed by atoms with E-state index in [4.69, 9.17) is 0 Å². The van der Waals surface area contributed by atoms with Gasteiger partial charge in [-0.1, -0.05) is 59.4 Å². The molecule has 0 unspecified atom stereocenters. The van der Waals surface area contributed by atoms with E-state index in [2.05, 4.69) is 45.9 Å². The number of phenols is 2. The van der Waals surface area contributed by atoms with Gasteiger partial charge in [-0.25, -0.2) is 0 Å². The van der Waals surface area contributed by atoms with Crippen molar-refractivity contribution in [1.82, 2.24) is 0 Å². The van der Waals surface area contributed by atoms with Crippen LogP contribution >= 0.6 is 11.8 Å². The molecule has 0 aromatic heterocycles. The number of phenolic OH excluding ortho intramolecular Hbond substituents is 2. The molecule has 0 fully saturated rings. The van der Waals surface area contributed by atoms with Crippen molar-refractivity contribution in [3.05, 3.63) is 46.5 Å². The van der Waals surface area contributed by atoms with Crippen LogP contribution in [0.15, 0.2) is 34.1 Å². The Kier molecular flexibility index (Phi) is 5.21. The standard InChI is InChI=1S/C22H30O2S/c1-13-9-15(21(3,4)5)12-16(10-13)25-17-11-14(2)19(23)18(20(17)24)22(6,7)8/h9-12,23-24H,1-8H3. The smallest absolute Gasteiger partial charge is 0.136 e. The summed E-state index contributed by atoms with van der Waals surface area (Å²) in [6, 6.07) is 8.41. The summed E-state index contributed by atoms with van der Waals surface area (Å²) in [6.07, 6.45) is 0. The maximum atomic E-state index is 10.8. The molecule has 2 aromatic rings. The summed E-state index contributed by atoms with van der Waals surface area (Å²) in [5.74, 6) is 0.369. The Hall–Kier alpha value is -1.61. The molecule has 0 saturated heterocycles. The zero-order valence-electron chi connectivity index (χ0n) is 16.6. The van der Waals surface area contributed by atoms with E-state index in [0.29, 0.717) is 5.56 Å². The second kappa shape index (κ2) is 6.60. The van der Waals surface area contributed by atoms with Crippen LogP contribution in [0.25, 0.3) is 0 Å². The molecule has 0 aliphatic carbocycles. The van der Waals surface area contributed by atoms with E-state index in [1.807, 2.05) is 33.8 Å². The molecular weight excluding hydrogens is 328 g/mol. The SMILES string of the molecule is Cc1cc(Sc2cc(C)c(O)c(C(C)(C)C)c2O)cc(C(C)(C)C)c1. The van der Waals surface area contributed by atoms with Crippen LogP contribution in [-0.2, 0) is 10.8 Å². The highest BCUT2D eigenvalue weighted by Gasteiger charge is 2.26. The summed E-state index contributed by atoms with van der Waals surface area (Å²) in [5, 5.41) is 21.2. The Morgan fingerprint density at radius 1 is 0.760 bits per heavy atom. The van der Waals surface area contributed by atoms with Crippen LogP contribution in [0.3, 0.4) is 0 Å². The fraction of sp³-hybridized carbons (Fsp3) is 0.455. The fourth-order valence-electron chi connectivity index (χ4n) is 2.92. The molecule has 2 rings (SSSR count). The van der Waals surface area contributed by atoms with Crippen molar-refractivity contribution in [3.8, 4) is 11.5 Å². The zero-order valence-corrected chi connectivity index (χ0v) is 17.4. The van der Waals surface area contributed by atoms with Gasteiger partial charge in [-0.05, 0) is 59.6 Å². The molecule has 2 N–H and O–H groups in total. The summed E-state index contributed by atoms with van der Waals surface area (Å²) < 4.78 is 0. The normalized spacial score (nSPS) is 12.5. The highest BCUT2D eigenvalue weighted by atomic mass is 32.2. The van der Waals surface area contributed by atoms with E-state index in [9.17, 15) is 10.2 Å². The Morgan fingerprint density at radius 3 is 1.88 bits per heavy atom. The average molecular weight is 359 g/mol. The van der Waals surface area contributed by atoms with Crippen LogP contribution < -0.4 is 0 Å². The van der Waals surface area contributed by atoms with Gasteiger partial charge < -0.3 is 10.2 Å². The van der Waals surface area contributed by atoms with E-state index >= 15 is 0 Å². The molecule has 0 bridgehead atoms. The van der Waals surface area contributed by atoms with Gasteiger partial charge in [0.1, 0.15) is 11.5 Å². The third-order valence-corrected chi connectivity index (χ3v) is 5.33. The molecule has 0 heterocycles. The Morgan fingerprint density at radius 2 is 1.36 bits per heavy atom. The molecule has 0 saturated carbocycles. The molecule has 0 radical (unpaired) electrons. The Balaban J connectivity index is 2.56. The minimum Gasteiger partial charge on any atom is -0.507 e. The maximum Gasteiger partial charge on any atom is 0.136 e. The highest BCUT2D eigenvalue weighted by Crippen LogP contribution is 2.47. The quantitative estimate of drug-likeness (QED) is 0.647. The lowest BCUT2D eigenvalue weighted by atomic mass is 9.84. The summed E-state index contributed by atoms with van der Waals surface area (Å²) in [7, 11) is 0. The first-order valence-electron chi connectivity index (χ1n) is 8.66. The summed E-state index contributed by atoms with van der Waals surface area (Å²) in [4.78, 5) is 1.89. The lowest BCUT2D eigenvalue weighted by molar-refractivity contribution is 0.400. The predicted molar refractivity (Wildman–Crippen MR) is 107 cm³/mol. The molecule has 0 aliphatic heterocycles. The van der Waals surface area contributed by atoms with Crippen molar-refractivity contribution >= 4 is 11.8 Å². The van der Waals surface area contributed by atoms with Gasteiger partial charge in [-0.3, -0.25) is 0 Å². The second-order valence-corrected chi connectivity index (χ2v) is 10.0. The van der Waals surface area contributed by atoms with Gasteiger partial charge in [0, 0.05) is 10.5 Å². The Labute approximate surface area is 156 Å². The van der Waals surface area contributed by atoms with E-state index in [-0.39, 0.29) is 22.3 Å². The summed E-state index contributed by atoms with van der Waals surface area (Å²) >= 11 is 1.55. The Bertz CT molecular complexity index is 793. The van der Waals surface area contributed by atoms with Crippen molar-refractivity contribution < 1.29 is 10.2 Å². The van der Waals surface area contributed by atoms with E-state index in [1.165, 1.54) is 11.1 Å². The topological polar surface area (TPSA) is 40.5 Å². The first-order valence-corrected chi connectivity index (χ1v) is 9.48. The highest BCUT2D eigenvalue weighted by molar-refractivity contribution is 7.99. The first-order chi connectivity index (χ1) is 11.3. The molecule has 3 heteroatoms. The van der Waals surface area contributed by atoms with Gasteiger partial charge in [0.05, 0.1) is 4.90 Å². The lowest BCUT2D eigenvalue weighted by Crippen LogP contribution is -2.12. The first kappa shape index (κ1) is 19.7. The monoisotopic (exact) mass is 358 g/mol. The molecule has 0 spiro atoms. The maximum absolute atomic E-state index is 10.8. The van der Waals surface area contributed by atoms with Crippen LogP contribution in [0.1, 0.15) is 63.8 Å². The number of hydrogen-bond acceptors (Lipinski definition) is 3. The van der Waals surface area contributed by atoms with Gasteiger partial charge in [0.15, 0.2) is 0 Å². The van der Waals surface area contributed by atoms with Crippen molar-refractivity contribution in [2.75, 3.05) is 0 Å². The molecular formula is C22H30O2S. The number of hydrogen-bond donors (Lipinski definition) is 2. The number of benzene rings is 2. The molecule has 0 atom stereocenters. The van der Waals surface area contributed by atoms with E-state index in [0.717, 1.165) is 15.4 Å². The second-order valence-electron chi connectivity index (χ2n) is 8.90. The van der Waals surface area contributed by atoms with Gasteiger partial charge in [0.2, 0.25) is 0 Å². The van der Waals surface area contributed by atoms with Crippen molar-refractivity contribution in [2.45, 2.75) is 76.0 Å². The summed E-state index contributed by atoms with van der Waals surface area (Å²) in [6.45, 7) is 16.6. The largest absolute Gasteiger partial charge is 0.507 e. The van der Waals surface area contributed by atoms with Crippen LogP contribution in [0, 0.1) is 13.8 Å². The van der Waals surface area contributed by atoms with Crippen molar-refractivity contribution in [2.24, 2.45) is 0 Å². The molecule has 2 nitrogen and oxygen atoms in total. The zero-order chi connectivity index (χ0) is 19.2. The molecule has 0 amide bonds. The fourth-order valence-corrected chi connectivity index (χ4v) is 4.04. The number of rotatable bonds is 2. The molecule has 0 aliphatic rings. The predicted octanol–water partition coefficient (Wildman–Crippen LogP) is 6.46. The van der Waals surface area contributed by atoms with Gasteiger partial charge in [-0.15, -0.1) is 0 Å². The number of aromatic hydroxyl groups is 2. The van der Waals surface area contributed by atoms with Gasteiger partial charge in [0.25, 0.3) is 0 Å². The van der Waals surface area contributed by atoms with E-state index in [1.54, 1.807) is 11.8 Å². The molecule has 25 heavy (non-hydrogen) atoms.